The normalized spacial score (nSPS) is 10.9. The van der Waals surface area contributed by atoms with Gasteiger partial charge >= 0.3 is 0 Å². The van der Waals surface area contributed by atoms with E-state index in [9.17, 15) is 9.18 Å². The Kier molecular flexibility index (Phi) is 6.88. The Morgan fingerprint density at radius 3 is 2.35 bits per heavy atom. The van der Waals surface area contributed by atoms with Gasteiger partial charge in [-0.15, -0.1) is 10.2 Å². The van der Waals surface area contributed by atoms with Crippen molar-refractivity contribution < 1.29 is 9.18 Å². The number of aryl methyl sites for hydroxylation is 2. The van der Waals surface area contributed by atoms with Crippen LogP contribution in [0, 0.1) is 26.6 Å². The molecule has 0 saturated heterocycles. The van der Waals surface area contributed by atoms with Gasteiger partial charge in [-0.2, -0.15) is 5.10 Å². The van der Waals surface area contributed by atoms with Gasteiger partial charge in [0.05, 0.1) is 10.7 Å². The maximum absolute atomic E-state index is 13.2. The van der Waals surface area contributed by atoms with Crippen LogP contribution < -0.4 is 10.6 Å². The minimum absolute atomic E-state index is 0.0574. The summed E-state index contributed by atoms with van der Waals surface area (Å²) in [5.41, 5.74) is 5.43. The lowest BCUT2D eigenvalue weighted by atomic mass is 10.1. The third-order valence-corrected chi connectivity index (χ3v) is 5.88. The summed E-state index contributed by atoms with van der Waals surface area (Å²) < 4.78 is 15.0. The number of rotatable bonds is 7. The fourth-order valence-corrected chi connectivity index (χ4v) is 3.61. The SMILES string of the molecule is Cc1nn(-c2ccc(Nc3ccc(NC(=O)CCc4ccc(F)c(Cl)c4)cc3)nn2)c(C)c1C. The van der Waals surface area contributed by atoms with Gasteiger partial charge in [0.25, 0.3) is 0 Å². The zero-order valence-electron chi connectivity index (χ0n) is 19.1. The number of carbonyl (C=O) groups excluding carboxylic acids is 1. The molecule has 0 aliphatic rings. The second-order valence-electron chi connectivity index (χ2n) is 7.98. The topological polar surface area (TPSA) is 84.7 Å². The molecule has 0 radical (unpaired) electrons. The van der Waals surface area contributed by atoms with E-state index in [-0.39, 0.29) is 17.4 Å². The fraction of sp³-hybridized carbons (Fsp3) is 0.200. The summed E-state index contributed by atoms with van der Waals surface area (Å²) in [5, 5.41) is 19.1. The second kappa shape index (κ2) is 10.0. The minimum Gasteiger partial charge on any atom is -0.339 e. The standard InChI is InChI=1S/C25H24ClFN6O/c1-15-16(2)32-33(17(15)3)24-12-11-23(30-31-24)28-19-6-8-20(9-7-19)29-25(34)13-5-18-4-10-22(27)21(26)14-18/h4,6-12,14H,5,13H2,1-3H3,(H,28,30)(H,29,34). The number of aromatic nitrogens is 4. The molecule has 0 aliphatic heterocycles. The number of nitrogens with zero attached hydrogens (tertiary/aromatic N) is 4. The highest BCUT2D eigenvalue weighted by Crippen LogP contribution is 2.20. The van der Waals surface area contributed by atoms with Crippen LogP contribution in [0.5, 0.6) is 0 Å². The third kappa shape index (κ3) is 5.40. The summed E-state index contributed by atoms with van der Waals surface area (Å²) in [6, 6.07) is 15.5. The molecule has 1 amide bonds. The predicted octanol–water partition coefficient (Wildman–Crippen LogP) is 5.69. The van der Waals surface area contributed by atoms with Crippen molar-refractivity contribution in [2.24, 2.45) is 0 Å². The van der Waals surface area contributed by atoms with Crippen LogP contribution >= 0.6 is 11.6 Å². The molecule has 0 atom stereocenters. The molecule has 0 aliphatic carbocycles. The van der Waals surface area contributed by atoms with E-state index < -0.39 is 5.82 Å². The van der Waals surface area contributed by atoms with E-state index in [1.807, 2.05) is 45.0 Å². The van der Waals surface area contributed by atoms with E-state index in [0.717, 1.165) is 28.2 Å². The first-order valence-electron chi connectivity index (χ1n) is 10.8. The molecule has 2 aromatic heterocycles. The number of hydrogen-bond acceptors (Lipinski definition) is 5. The van der Waals surface area contributed by atoms with Gasteiger partial charge in [0.15, 0.2) is 11.6 Å². The lowest BCUT2D eigenvalue weighted by Crippen LogP contribution is -2.12. The first-order valence-corrected chi connectivity index (χ1v) is 11.2. The second-order valence-corrected chi connectivity index (χ2v) is 8.39. The molecule has 7 nitrogen and oxygen atoms in total. The molecule has 174 valence electrons. The van der Waals surface area contributed by atoms with Gasteiger partial charge in [-0.1, -0.05) is 17.7 Å². The molecule has 2 heterocycles. The van der Waals surface area contributed by atoms with Crippen LogP contribution in [0.4, 0.5) is 21.6 Å². The van der Waals surface area contributed by atoms with E-state index in [2.05, 4.69) is 25.9 Å². The lowest BCUT2D eigenvalue weighted by molar-refractivity contribution is -0.116. The summed E-state index contributed by atoms with van der Waals surface area (Å²) in [6.07, 6.45) is 0.732. The van der Waals surface area contributed by atoms with Crippen molar-refractivity contribution >= 4 is 34.7 Å². The number of hydrogen-bond donors (Lipinski definition) is 2. The Hall–Kier alpha value is -3.78. The van der Waals surface area contributed by atoms with Crippen molar-refractivity contribution in [1.82, 2.24) is 20.0 Å². The number of benzene rings is 2. The van der Waals surface area contributed by atoms with E-state index in [4.69, 9.17) is 11.6 Å². The van der Waals surface area contributed by atoms with Crippen molar-refractivity contribution in [3.8, 4) is 5.82 Å². The highest BCUT2D eigenvalue weighted by Gasteiger charge is 2.11. The molecular weight excluding hydrogens is 455 g/mol. The van der Waals surface area contributed by atoms with Crippen LogP contribution in [-0.2, 0) is 11.2 Å². The Morgan fingerprint density at radius 1 is 1.00 bits per heavy atom. The van der Waals surface area contributed by atoms with Crippen molar-refractivity contribution in [2.45, 2.75) is 33.6 Å². The van der Waals surface area contributed by atoms with Crippen LogP contribution in [0.2, 0.25) is 5.02 Å². The fourth-order valence-electron chi connectivity index (χ4n) is 3.41. The Balaban J connectivity index is 1.32. The first kappa shape index (κ1) is 23.4. The van der Waals surface area contributed by atoms with Crippen molar-refractivity contribution in [1.29, 1.82) is 0 Å². The monoisotopic (exact) mass is 478 g/mol. The number of halogens is 2. The van der Waals surface area contributed by atoms with E-state index >= 15 is 0 Å². The first-order chi connectivity index (χ1) is 16.3. The lowest BCUT2D eigenvalue weighted by Gasteiger charge is -2.09. The van der Waals surface area contributed by atoms with Gasteiger partial charge in [-0.3, -0.25) is 4.79 Å². The van der Waals surface area contributed by atoms with E-state index in [1.165, 1.54) is 6.07 Å². The van der Waals surface area contributed by atoms with Gasteiger partial charge in [0.1, 0.15) is 5.82 Å². The van der Waals surface area contributed by atoms with Gasteiger partial charge in [0, 0.05) is 23.5 Å². The summed E-state index contributed by atoms with van der Waals surface area (Å²) in [7, 11) is 0. The van der Waals surface area contributed by atoms with Gasteiger partial charge in [-0.05, 0) is 86.8 Å². The summed E-state index contributed by atoms with van der Waals surface area (Å²) in [4.78, 5) is 12.2. The average Bonchev–Trinajstić information content (AvgIpc) is 3.09. The molecule has 4 aromatic rings. The van der Waals surface area contributed by atoms with Crippen molar-refractivity contribution in [3.63, 3.8) is 0 Å². The third-order valence-electron chi connectivity index (χ3n) is 5.59. The van der Waals surface area contributed by atoms with Crippen LogP contribution in [0.1, 0.15) is 28.9 Å². The van der Waals surface area contributed by atoms with Gasteiger partial charge in [-0.25, -0.2) is 9.07 Å². The smallest absolute Gasteiger partial charge is 0.224 e. The Labute approximate surface area is 202 Å². The summed E-state index contributed by atoms with van der Waals surface area (Å²) >= 11 is 5.79. The maximum Gasteiger partial charge on any atom is 0.224 e. The highest BCUT2D eigenvalue weighted by atomic mass is 35.5. The van der Waals surface area contributed by atoms with Crippen molar-refractivity contribution in [3.05, 3.63) is 88.0 Å². The predicted molar refractivity (Wildman–Crippen MR) is 131 cm³/mol. The molecule has 0 bridgehead atoms. The van der Waals surface area contributed by atoms with Gasteiger partial charge in [0.2, 0.25) is 5.91 Å². The number of amides is 1. The van der Waals surface area contributed by atoms with Gasteiger partial charge < -0.3 is 10.6 Å². The molecule has 4 rings (SSSR count). The van der Waals surface area contributed by atoms with Crippen LogP contribution in [0.15, 0.2) is 54.6 Å². The van der Waals surface area contributed by atoms with Crippen LogP contribution in [-0.4, -0.2) is 25.9 Å². The molecule has 34 heavy (non-hydrogen) atoms. The molecular formula is C25H24ClFN6O. The van der Waals surface area contributed by atoms with Crippen LogP contribution in [0.3, 0.4) is 0 Å². The number of anilines is 3. The largest absolute Gasteiger partial charge is 0.339 e. The quantitative estimate of drug-likeness (QED) is 0.356. The van der Waals surface area contributed by atoms with Crippen LogP contribution in [0.25, 0.3) is 5.82 Å². The average molecular weight is 479 g/mol. The molecule has 0 unspecified atom stereocenters. The highest BCUT2D eigenvalue weighted by molar-refractivity contribution is 6.30. The molecule has 2 N–H and O–H groups in total. The molecule has 0 fully saturated rings. The zero-order valence-corrected chi connectivity index (χ0v) is 19.8. The summed E-state index contributed by atoms with van der Waals surface area (Å²) in [5.74, 6) is 0.641. The van der Waals surface area contributed by atoms with Crippen molar-refractivity contribution in [2.75, 3.05) is 10.6 Å². The Bertz CT molecular complexity index is 1320. The Morgan fingerprint density at radius 2 is 1.74 bits per heavy atom. The minimum atomic E-state index is -0.469. The number of carbonyl (C=O) groups is 1. The number of nitrogens with one attached hydrogen (secondary N) is 2. The molecule has 9 heteroatoms. The molecule has 0 saturated carbocycles. The van der Waals surface area contributed by atoms with E-state index in [1.54, 1.807) is 28.9 Å². The molecule has 2 aromatic carbocycles. The molecule has 0 spiro atoms. The van der Waals surface area contributed by atoms with E-state index in [0.29, 0.717) is 23.7 Å². The summed E-state index contributed by atoms with van der Waals surface area (Å²) in [6.45, 7) is 6.00. The zero-order chi connectivity index (χ0) is 24.2. The maximum atomic E-state index is 13.2.